The maximum atomic E-state index is 12.3. The molecule has 11 nitrogen and oxygen atoms in total. The quantitative estimate of drug-likeness (QED) is 0.223. The van der Waals surface area contributed by atoms with Crippen molar-refractivity contribution in [1.29, 1.82) is 0 Å². The Morgan fingerprint density at radius 3 is 2.76 bits per heavy atom. The summed E-state index contributed by atoms with van der Waals surface area (Å²) in [6, 6.07) is -0.931. The van der Waals surface area contributed by atoms with E-state index in [9.17, 15) is 23.1 Å². The zero-order valence-corrected chi connectivity index (χ0v) is 17.7. The van der Waals surface area contributed by atoms with Crippen molar-refractivity contribution < 1.29 is 33.0 Å². The van der Waals surface area contributed by atoms with Gasteiger partial charge in [-0.1, -0.05) is 0 Å². The van der Waals surface area contributed by atoms with Gasteiger partial charge in [-0.2, -0.15) is 0 Å². The SMILES string of the molecule is C[C@@H](O)[C@H]1C(=O)N2C(OC(=O)O)=C(S[C@@H]3CN[C@H](C(CN)NS(C)(=O)=O)C3)C[C@H]12. The van der Waals surface area contributed by atoms with Crippen LogP contribution in [0, 0.1) is 5.92 Å². The van der Waals surface area contributed by atoms with E-state index in [4.69, 9.17) is 15.6 Å². The van der Waals surface area contributed by atoms with Crippen LogP contribution in [0.25, 0.3) is 0 Å². The van der Waals surface area contributed by atoms with Crippen molar-refractivity contribution in [2.24, 2.45) is 11.7 Å². The lowest BCUT2D eigenvalue weighted by atomic mass is 9.84. The van der Waals surface area contributed by atoms with Gasteiger partial charge in [0.05, 0.1) is 24.3 Å². The van der Waals surface area contributed by atoms with Crippen molar-refractivity contribution in [1.82, 2.24) is 14.9 Å². The molecular formula is C16H26N4O7S2. The van der Waals surface area contributed by atoms with Gasteiger partial charge in [0, 0.05) is 41.7 Å². The molecule has 6 atom stereocenters. The Morgan fingerprint density at radius 2 is 2.21 bits per heavy atom. The highest BCUT2D eigenvalue weighted by molar-refractivity contribution is 8.03. The summed E-state index contributed by atoms with van der Waals surface area (Å²) < 4.78 is 30.5. The number of β-lactam (4-membered cyclic amide) rings is 1. The molecule has 0 aromatic heterocycles. The van der Waals surface area contributed by atoms with Crippen LogP contribution in [0.1, 0.15) is 19.8 Å². The lowest BCUT2D eigenvalue weighted by molar-refractivity contribution is -0.161. The number of hydrogen-bond acceptors (Lipinski definition) is 9. The first-order valence-corrected chi connectivity index (χ1v) is 12.0. The van der Waals surface area contributed by atoms with Crippen molar-refractivity contribution in [3.05, 3.63) is 10.8 Å². The molecule has 3 aliphatic rings. The molecule has 3 rings (SSSR count). The van der Waals surface area contributed by atoms with Gasteiger partial charge in [0.15, 0.2) is 0 Å². The Hall–Kier alpha value is -1.38. The van der Waals surface area contributed by atoms with Crippen LogP contribution in [0.2, 0.25) is 0 Å². The number of sulfonamides is 1. The van der Waals surface area contributed by atoms with E-state index < -0.39 is 34.2 Å². The first kappa shape index (κ1) is 22.3. The summed E-state index contributed by atoms with van der Waals surface area (Å²) >= 11 is 1.41. The maximum absolute atomic E-state index is 12.3. The first-order valence-electron chi connectivity index (χ1n) is 9.24. The third-order valence-electron chi connectivity index (χ3n) is 5.36. The topological polar surface area (TPSA) is 171 Å². The lowest BCUT2D eigenvalue weighted by Gasteiger charge is -2.44. The molecule has 0 bridgehead atoms. The molecule has 0 saturated carbocycles. The zero-order chi connectivity index (χ0) is 21.5. The molecule has 1 unspecified atom stereocenters. The minimum atomic E-state index is -3.40. The number of carbonyl (C=O) groups is 2. The minimum absolute atomic E-state index is 0.0162. The minimum Gasteiger partial charge on any atom is -0.449 e. The molecule has 3 aliphatic heterocycles. The van der Waals surface area contributed by atoms with Crippen molar-refractivity contribution in [3.63, 3.8) is 0 Å². The van der Waals surface area contributed by atoms with Gasteiger partial charge in [0.25, 0.3) is 0 Å². The fourth-order valence-electron chi connectivity index (χ4n) is 4.16. The summed E-state index contributed by atoms with van der Waals surface area (Å²) in [6.45, 7) is 2.24. The number of nitrogens with two attached hydrogens (primary N) is 1. The largest absolute Gasteiger partial charge is 0.512 e. The number of aliphatic hydroxyl groups is 1. The maximum Gasteiger partial charge on any atom is 0.512 e. The number of rotatable bonds is 8. The van der Waals surface area contributed by atoms with Gasteiger partial charge >= 0.3 is 6.16 Å². The molecule has 2 saturated heterocycles. The number of carbonyl (C=O) groups excluding carboxylic acids is 1. The van der Waals surface area contributed by atoms with Crippen molar-refractivity contribution in [2.45, 2.75) is 49.2 Å². The second-order valence-electron chi connectivity index (χ2n) is 7.56. The molecule has 6 N–H and O–H groups in total. The van der Waals surface area contributed by atoms with Crippen LogP contribution in [-0.2, 0) is 19.6 Å². The Kier molecular flexibility index (Phi) is 6.46. The Bertz CT molecular complexity index is 816. The van der Waals surface area contributed by atoms with Crippen LogP contribution >= 0.6 is 11.8 Å². The van der Waals surface area contributed by atoms with Gasteiger partial charge in [0.1, 0.15) is 0 Å². The molecule has 1 amide bonds. The van der Waals surface area contributed by atoms with Gasteiger partial charge in [-0.05, 0) is 13.3 Å². The van der Waals surface area contributed by atoms with E-state index in [2.05, 4.69) is 10.0 Å². The molecule has 0 aliphatic carbocycles. The number of hydrogen-bond donors (Lipinski definition) is 5. The molecule has 0 radical (unpaired) electrons. The summed E-state index contributed by atoms with van der Waals surface area (Å²) in [4.78, 5) is 25.4. The predicted octanol–water partition coefficient (Wildman–Crippen LogP) is -1.20. The van der Waals surface area contributed by atoms with Crippen LogP contribution in [0.5, 0.6) is 0 Å². The summed E-state index contributed by atoms with van der Waals surface area (Å²) in [6.07, 6.45) is -0.232. The van der Waals surface area contributed by atoms with Gasteiger partial charge < -0.3 is 26.0 Å². The number of nitrogens with one attached hydrogen (secondary N) is 2. The zero-order valence-electron chi connectivity index (χ0n) is 16.1. The van der Waals surface area contributed by atoms with E-state index in [-0.39, 0.29) is 35.7 Å². The van der Waals surface area contributed by atoms with Gasteiger partial charge in [-0.15, -0.1) is 11.8 Å². The van der Waals surface area contributed by atoms with E-state index in [0.29, 0.717) is 24.3 Å². The van der Waals surface area contributed by atoms with Gasteiger partial charge in [-0.3, -0.25) is 9.69 Å². The fourth-order valence-corrected chi connectivity index (χ4v) is 6.37. The molecule has 0 aromatic carbocycles. The Morgan fingerprint density at radius 1 is 1.52 bits per heavy atom. The number of ether oxygens (including phenoxy) is 1. The van der Waals surface area contributed by atoms with Crippen molar-refractivity contribution in [3.8, 4) is 0 Å². The number of aliphatic hydroxyl groups excluding tert-OH is 1. The highest BCUT2D eigenvalue weighted by Gasteiger charge is 2.57. The molecule has 13 heteroatoms. The molecule has 0 aromatic rings. The number of nitrogens with zero attached hydrogens (tertiary/aromatic N) is 1. The van der Waals surface area contributed by atoms with Crippen LogP contribution in [0.15, 0.2) is 10.8 Å². The fraction of sp³-hybridized carbons (Fsp3) is 0.750. The molecule has 2 fully saturated rings. The smallest absolute Gasteiger partial charge is 0.449 e. The standard InChI is InChI=1S/C16H26N4O7S2/c1-7(21)13-11-4-12(15(27-16(23)24)20(11)14(13)22)28-8-3-9(18-6-8)10(5-17)19-29(2,25)26/h7-11,13,18-19,21H,3-6,17H2,1-2H3,(H,23,24)/t7-,8+,9+,10?,11-,13-/m1/s1. The average molecular weight is 451 g/mol. The number of thioether (sulfide) groups is 1. The van der Waals surface area contributed by atoms with E-state index in [1.54, 1.807) is 0 Å². The second-order valence-corrected chi connectivity index (χ2v) is 10.7. The molecule has 29 heavy (non-hydrogen) atoms. The molecular weight excluding hydrogens is 424 g/mol. The third-order valence-corrected chi connectivity index (χ3v) is 7.41. The Balaban J connectivity index is 1.70. The highest BCUT2D eigenvalue weighted by Crippen LogP contribution is 2.48. The number of fused-ring (bicyclic) bond motifs is 1. The van der Waals surface area contributed by atoms with E-state index in [0.717, 1.165) is 6.26 Å². The van der Waals surface area contributed by atoms with E-state index >= 15 is 0 Å². The normalized spacial score (nSPS) is 31.4. The average Bonchev–Trinajstić information content (AvgIpc) is 3.15. The van der Waals surface area contributed by atoms with Gasteiger partial charge in [0.2, 0.25) is 21.8 Å². The number of amides is 1. The highest BCUT2D eigenvalue weighted by atomic mass is 32.2. The summed E-state index contributed by atoms with van der Waals surface area (Å²) in [5.74, 6) is -0.905. The van der Waals surface area contributed by atoms with E-state index in [1.807, 2.05) is 0 Å². The summed E-state index contributed by atoms with van der Waals surface area (Å²) in [5.41, 5.74) is 5.71. The molecule has 164 valence electrons. The monoisotopic (exact) mass is 450 g/mol. The third kappa shape index (κ3) is 4.70. The second kappa shape index (κ2) is 8.40. The van der Waals surface area contributed by atoms with Crippen LogP contribution in [0.3, 0.4) is 0 Å². The van der Waals surface area contributed by atoms with Crippen LogP contribution in [0.4, 0.5) is 4.79 Å². The summed E-state index contributed by atoms with van der Waals surface area (Å²) in [5, 5.41) is 22.2. The van der Waals surface area contributed by atoms with Crippen molar-refractivity contribution in [2.75, 3.05) is 19.3 Å². The number of carboxylic acid groups (broad SMARTS) is 1. The van der Waals surface area contributed by atoms with Crippen LogP contribution < -0.4 is 15.8 Å². The van der Waals surface area contributed by atoms with Gasteiger partial charge in [-0.25, -0.2) is 17.9 Å². The Labute approximate surface area is 173 Å². The molecule has 0 spiro atoms. The van der Waals surface area contributed by atoms with Crippen LogP contribution in [-0.4, -0.2) is 84.4 Å². The van der Waals surface area contributed by atoms with E-state index in [1.165, 1.54) is 23.6 Å². The molecule has 3 heterocycles. The lowest BCUT2D eigenvalue weighted by Crippen LogP contribution is -2.61. The van der Waals surface area contributed by atoms with Crippen molar-refractivity contribution >= 4 is 33.8 Å². The predicted molar refractivity (Wildman–Crippen MR) is 105 cm³/mol. The summed E-state index contributed by atoms with van der Waals surface area (Å²) in [7, 11) is -3.40. The first-order chi connectivity index (χ1) is 13.5.